The smallest absolute Gasteiger partial charge is 0.248 e. The van der Waals surface area contributed by atoms with Crippen LogP contribution in [0.2, 0.25) is 0 Å². The standard InChI is InChI=1S/C11H12N4O2/c1-6-9(12)11(16)15(3)10-8(17-6)4-7(13-2)5-14-10/h4-6,9H,12H2,1,3H3/t6-,9+/m1/s1. The van der Waals surface area contributed by atoms with Crippen LogP contribution in [0.25, 0.3) is 4.85 Å². The summed E-state index contributed by atoms with van der Waals surface area (Å²) in [5.41, 5.74) is 6.13. The van der Waals surface area contributed by atoms with E-state index in [1.165, 1.54) is 11.1 Å². The Balaban J connectivity index is 2.53. The van der Waals surface area contributed by atoms with E-state index in [0.29, 0.717) is 17.3 Å². The average molecular weight is 232 g/mol. The monoisotopic (exact) mass is 232 g/mol. The molecule has 2 atom stereocenters. The van der Waals surface area contributed by atoms with E-state index in [0.717, 1.165) is 0 Å². The van der Waals surface area contributed by atoms with Gasteiger partial charge < -0.3 is 10.5 Å². The van der Waals surface area contributed by atoms with Crippen molar-refractivity contribution in [3.05, 3.63) is 23.7 Å². The van der Waals surface area contributed by atoms with E-state index < -0.39 is 12.1 Å². The van der Waals surface area contributed by atoms with E-state index in [9.17, 15) is 4.79 Å². The number of ether oxygens (including phenoxy) is 1. The molecule has 0 aromatic carbocycles. The third-order valence-corrected chi connectivity index (χ3v) is 2.70. The molecule has 0 saturated carbocycles. The maximum atomic E-state index is 11.9. The SMILES string of the molecule is [C-]#[N+]c1cnc2c(c1)O[C@H](C)[C@H](N)C(=O)N2C. The summed E-state index contributed by atoms with van der Waals surface area (Å²) in [5, 5.41) is 0. The fraction of sp³-hybridized carbons (Fsp3) is 0.364. The van der Waals surface area contributed by atoms with Gasteiger partial charge in [-0.05, 0) is 13.0 Å². The molecule has 0 unspecified atom stereocenters. The van der Waals surface area contributed by atoms with Gasteiger partial charge in [-0.15, -0.1) is 0 Å². The molecule has 0 spiro atoms. The van der Waals surface area contributed by atoms with E-state index in [4.69, 9.17) is 17.0 Å². The minimum atomic E-state index is -0.731. The van der Waals surface area contributed by atoms with Crippen LogP contribution in [0.15, 0.2) is 12.3 Å². The molecule has 2 N–H and O–H groups in total. The van der Waals surface area contributed by atoms with Gasteiger partial charge in [0.1, 0.15) is 12.1 Å². The Morgan fingerprint density at radius 2 is 2.35 bits per heavy atom. The van der Waals surface area contributed by atoms with Gasteiger partial charge in [0.05, 0.1) is 6.57 Å². The van der Waals surface area contributed by atoms with Gasteiger partial charge in [0.2, 0.25) is 11.6 Å². The first-order valence-corrected chi connectivity index (χ1v) is 5.12. The number of anilines is 1. The summed E-state index contributed by atoms with van der Waals surface area (Å²) in [7, 11) is 1.59. The molecular weight excluding hydrogens is 220 g/mol. The van der Waals surface area contributed by atoms with Crippen LogP contribution in [0, 0.1) is 6.57 Å². The highest BCUT2D eigenvalue weighted by Crippen LogP contribution is 2.32. The molecule has 6 heteroatoms. The summed E-state index contributed by atoms with van der Waals surface area (Å²) in [6.45, 7) is 8.64. The molecule has 1 amide bonds. The summed E-state index contributed by atoms with van der Waals surface area (Å²) >= 11 is 0. The van der Waals surface area contributed by atoms with Crippen LogP contribution < -0.4 is 15.4 Å². The van der Waals surface area contributed by atoms with Crippen molar-refractivity contribution < 1.29 is 9.53 Å². The van der Waals surface area contributed by atoms with Crippen LogP contribution in [0.4, 0.5) is 11.5 Å². The van der Waals surface area contributed by atoms with Crippen molar-refractivity contribution in [1.29, 1.82) is 0 Å². The van der Waals surface area contributed by atoms with Crippen molar-refractivity contribution >= 4 is 17.4 Å². The molecule has 0 saturated heterocycles. The molecule has 1 aromatic heterocycles. The van der Waals surface area contributed by atoms with E-state index in [2.05, 4.69) is 9.83 Å². The minimum absolute atomic E-state index is 0.251. The second kappa shape index (κ2) is 4.03. The molecular formula is C11H12N4O2. The van der Waals surface area contributed by atoms with Gasteiger partial charge >= 0.3 is 0 Å². The molecule has 0 fully saturated rings. The molecule has 0 aliphatic carbocycles. The molecule has 88 valence electrons. The number of likely N-dealkylation sites (N-methyl/N-ethyl adjacent to an activating group) is 1. The zero-order valence-electron chi connectivity index (χ0n) is 9.54. The molecule has 0 radical (unpaired) electrons. The quantitative estimate of drug-likeness (QED) is 0.668. The average Bonchev–Trinajstić information content (AvgIpc) is 2.42. The zero-order valence-corrected chi connectivity index (χ0v) is 9.54. The Hall–Kier alpha value is -2.13. The predicted molar refractivity (Wildman–Crippen MR) is 62.0 cm³/mol. The Bertz CT molecular complexity index is 509. The fourth-order valence-corrected chi connectivity index (χ4v) is 1.63. The van der Waals surface area contributed by atoms with E-state index in [1.54, 1.807) is 20.0 Å². The number of hydrogen-bond acceptors (Lipinski definition) is 4. The maximum Gasteiger partial charge on any atom is 0.248 e. The topological polar surface area (TPSA) is 72.8 Å². The van der Waals surface area contributed by atoms with Crippen molar-refractivity contribution in [2.24, 2.45) is 5.73 Å². The van der Waals surface area contributed by atoms with Crippen molar-refractivity contribution in [2.45, 2.75) is 19.1 Å². The van der Waals surface area contributed by atoms with Crippen LogP contribution in [-0.4, -0.2) is 30.1 Å². The lowest BCUT2D eigenvalue weighted by Gasteiger charge is -2.17. The number of carbonyl (C=O) groups excluding carboxylic acids is 1. The maximum absolute atomic E-state index is 11.9. The lowest BCUT2D eigenvalue weighted by atomic mass is 10.2. The summed E-state index contributed by atoms with van der Waals surface area (Å²) in [6, 6.07) is 0.832. The molecule has 17 heavy (non-hydrogen) atoms. The first-order chi connectivity index (χ1) is 8.04. The first-order valence-electron chi connectivity index (χ1n) is 5.12. The Labute approximate surface area is 98.8 Å². The largest absolute Gasteiger partial charge is 0.486 e. The van der Waals surface area contributed by atoms with Crippen molar-refractivity contribution in [2.75, 3.05) is 11.9 Å². The molecule has 6 nitrogen and oxygen atoms in total. The van der Waals surface area contributed by atoms with Crippen LogP contribution in [-0.2, 0) is 4.79 Å². The normalized spacial score (nSPS) is 23.4. The van der Waals surface area contributed by atoms with Gasteiger partial charge in [-0.25, -0.2) is 9.83 Å². The third-order valence-electron chi connectivity index (χ3n) is 2.70. The highest BCUT2D eigenvalue weighted by Gasteiger charge is 2.32. The predicted octanol–water partition coefficient (Wildman–Crippen LogP) is 0.703. The number of nitrogens with zero attached hydrogens (tertiary/aromatic N) is 3. The lowest BCUT2D eigenvalue weighted by Crippen LogP contribution is -2.48. The molecule has 0 bridgehead atoms. The van der Waals surface area contributed by atoms with E-state index in [-0.39, 0.29) is 5.91 Å². The van der Waals surface area contributed by atoms with Crippen molar-refractivity contribution in [1.82, 2.24) is 4.98 Å². The molecule has 2 heterocycles. The molecule has 1 aliphatic rings. The van der Waals surface area contributed by atoms with E-state index >= 15 is 0 Å². The van der Waals surface area contributed by atoms with Gasteiger partial charge in [-0.3, -0.25) is 9.69 Å². The summed E-state index contributed by atoms with van der Waals surface area (Å²) < 4.78 is 5.56. The number of pyridine rings is 1. The van der Waals surface area contributed by atoms with Gasteiger partial charge in [0, 0.05) is 13.2 Å². The molecule has 2 rings (SSSR count). The third kappa shape index (κ3) is 1.81. The minimum Gasteiger partial charge on any atom is -0.486 e. The van der Waals surface area contributed by atoms with Crippen LogP contribution in [0.5, 0.6) is 5.75 Å². The number of rotatable bonds is 0. The highest BCUT2D eigenvalue weighted by molar-refractivity contribution is 5.98. The zero-order chi connectivity index (χ0) is 12.6. The second-order valence-corrected chi connectivity index (χ2v) is 3.87. The van der Waals surface area contributed by atoms with Crippen molar-refractivity contribution in [3.63, 3.8) is 0 Å². The lowest BCUT2D eigenvalue weighted by molar-refractivity contribution is -0.120. The van der Waals surface area contributed by atoms with Crippen molar-refractivity contribution in [3.8, 4) is 5.75 Å². The first kappa shape index (κ1) is 11.4. The van der Waals surface area contributed by atoms with Gasteiger partial charge in [-0.1, -0.05) is 0 Å². The van der Waals surface area contributed by atoms with Crippen LogP contribution >= 0.6 is 0 Å². The Kier molecular flexibility index (Phi) is 2.69. The highest BCUT2D eigenvalue weighted by atomic mass is 16.5. The number of carbonyl (C=O) groups is 1. The number of fused-ring (bicyclic) bond motifs is 1. The Morgan fingerprint density at radius 1 is 1.65 bits per heavy atom. The number of hydrogen-bond donors (Lipinski definition) is 1. The van der Waals surface area contributed by atoms with Gasteiger partial charge in [0.25, 0.3) is 0 Å². The van der Waals surface area contributed by atoms with Crippen LogP contribution in [0.1, 0.15) is 6.92 Å². The summed E-state index contributed by atoms with van der Waals surface area (Å²) in [4.78, 5) is 20.6. The molecule has 1 aliphatic heterocycles. The van der Waals surface area contributed by atoms with Gasteiger partial charge in [0.15, 0.2) is 11.6 Å². The fourth-order valence-electron chi connectivity index (χ4n) is 1.63. The number of amides is 1. The van der Waals surface area contributed by atoms with Crippen LogP contribution in [0.3, 0.4) is 0 Å². The second-order valence-electron chi connectivity index (χ2n) is 3.87. The number of nitrogens with two attached hydrogens (primary N) is 1. The summed E-state index contributed by atoms with van der Waals surface area (Å²) in [5.74, 6) is 0.552. The molecule has 1 aromatic rings. The Morgan fingerprint density at radius 3 is 3.00 bits per heavy atom. The van der Waals surface area contributed by atoms with E-state index in [1.807, 2.05) is 0 Å². The van der Waals surface area contributed by atoms with Gasteiger partial charge in [-0.2, -0.15) is 0 Å². The summed E-state index contributed by atoms with van der Waals surface area (Å²) in [6.07, 6.45) is 0.953. The number of aromatic nitrogens is 1.